The number of fused-ring (bicyclic) bond motifs is 1. The van der Waals surface area contributed by atoms with Crippen LogP contribution < -0.4 is 15.4 Å². The molecule has 0 aliphatic heterocycles. The zero-order valence-corrected chi connectivity index (χ0v) is 17.6. The summed E-state index contributed by atoms with van der Waals surface area (Å²) >= 11 is 0. The number of para-hydroxylation sites is 2. The van der Waals surface area contributed by atoms with Crippen LogP contribution in [0.3, 0.4) is 0 Å². The second-order valence-corrected chi connectivity index (χ2v) is 7.31. The third-order valence-electron chi connectivity index (χ3n) is 5.16. The zero-order valence-electron chi connectivity index (χ0n) is 17.6. The van der Waals surface area contributed by atoms with Crippen LogP contribution in [-0.2, 0) is 13.5 Å². The van der Waals surface area contributed by atoms with Crippen molar-refractivity contribution in [2.24, 2.45) is 7.05 Å². The van der Waals surface area contributed by atoms with Crippen molar-refractivity contribution in [1.82, 2.24) is 30.2 Å². The number of ether oxygens (including phenoxy) is 1. The van der Waals surface area contributed by atoms with E-state index in [0.29, 0.717) is 6.54 Å². The summed E-state index contributed by atoms with van der Waals surface area (Å²) in [6.45, 7) is 0.540. The maximum absolute atomic E-state index is 12.6. The summed E-state index contributed by atoms with van der Waals surface area (Å²) < 4.78 is 7.14. The van der Waals surface area contributed by atoms with Crippen molar-refractivity contribution in [3.63, 3.8) is 0 Å². The maximum Gasteiger partial charge on any atom is 0.315 e. The van der Waals surface area contributed by atoms with E-state index in [1.54, 1.807) is 13.3 Å². The van der Waals surface area contributed by atoms with Crippen molar-refractivity contribution in [3.8, 4) is 5.75 Å². The number of amides is 2. The molecule has 0 aliphatic carbocycles. The summed E-state index contributed by atoms with van der Waals surface area (Å²) in [6.07, 6.45) is 5.12. The molecule has 8 heteroatoms. The van der Waals surface area contributed by atoms with Crippen LogP contribution in [0, 0.1) is 0 Å². The Hall–Kier alpha value is -3.81. The molecule has 0 bridgehead atoms. The summed E-state index contributed by atoms with van der Waals surface area (Å²) in [6, 6.07) is 14.9. The van der Waals surface area contributed by atoms with Gasteiger partial charge in [0.1, 0.15) is 23.4 Å². The summed E-state index contributed by atoms with van der Waals surface area (Å²) in [7, 11) is 3.54. The zero-order chi connectivity index (χ0) is 21.6. The fourth-order valence-electron chi connectivity index (χ4n) is 3.51. The topological polar surface area (TPSA) is 96.9 Å². The first kappa shape index (κ1) is 20.5. The largest absolute Gasteiger partial charge is 0.497 e. The quantitative estimate of drug-likeness (QED) is 0.383. The van der Waals surface area contributed by atoms with E-state index in [-0.39, 0.29) is 12.1 Å². The van der Waals surface area contributed by atoms with Gasteiger partial charge in [-0.15, -0.1) is 0 Å². The minimum absolute atomic E-state index is 0.242. The molecule has 4 rings (SSSR count). The van der Waals surface area contributed by atoms with Crippen LogP contribution in [0.2, 0.25) is 0 Å². The Kier molecular flexibility index (Phi) is 6.16. The summed E-state index contributed by atoms with van der Waals surface area (Å²) in [5.74, 6) is 2.44. The molecular formula is C23H26N6O2. The molecule has 0 fully saturated rings. The number of H-pyrrole nitrogens is 1. The molecule has 2 aromatic heterocycles. The number of carbonyl (C=O) groups is 1. The molecule has 8 nitrogen and oxygen atoms in total. The van der Waals surface area contributed by atoms with Crippen LogP contribution in [0.25, 0.3) is 11.0 Å². The van der Waals surface area contributed by atoms with Gasteiger partial charge >= 0.3 is 6.03 Å². The molecule has 1 atom stereocenters. The summed E-state index contributed by atoms with van der Waals surface area (Å²) in [4.78, 5) is 24.9. The molecule has 2 amide bonds. The number of aromatic amines is 1. The molecule has 4 aromatic rings. The van der Waals surface area contributed by atoms with E-state index < -0.39 is 0 Å². The average Bonchev–Trinajstić information content (AvgIpc) is 3.40. The van der Waals surface area contributed by atoms with Crippen molar-refractivity contribution < 1.29 is 9.53 Å². The van der Waals surface area contributed by atoms with Crippen molar-refractivity contribution in [2.45, 2.75) is 18.9 Å². The lowest BCUT2D eigenvalue weighted by Crippen LogP contribution is -2.39. The molecule has 2 heterocycles. The number of nitrogens with one attached hydrogen (secondary N) is 3. The number of benzene rings is 2. The molecule has 0 unspecified atom stereocenters. The molecule has 3 N–H and O–H groups in total. The molecule has 0 radical (unpaired) electrons. The van der Waals surface area contributed by atoms with Crippen LogP contribution in [0.5, 0.6) is 5.75 Å². The predicted molar refractivity (Wildman–Crippen MR) is 119 cm³/mol. The third kappa shape index (κ3) is 4.85. The third-order valence-corrected chi connectivity index (χ3v) is 5.16. The van der Waals surface area contributed by atoms with Crippen molar-refractivity contribution in [1.29, 1.82) is 0 Å². The van der Waals surface area contributed by atoms with E-state index in [9.17, 15) is 4.79 Å². The molecule has 160 valence electrons. The number of carbonyl (C=O) groups excluding carboxylic acids is 1. The fraction of sp³-hybridized carbons (Fsp3) is 0.261. The van der Waals surface area contributed by atoms with Crippen molar-refractivity contribution in [2.75, 3.05) is 13.7 Å². The number of urea groups is 1. The Morgan fingerprint density at radius 1 is 1.19 bits per heavy atom. The SMILES string of the molecule is COc1ccc([C@@H](NC(=O)NCCCc2nc3ccccc3[nH]2)c2nccn2C)cc1. The minimum atomic E-state index is -0.374. The first-order valence-corrected chi connectivity index (χ1v) is 10.2. The van der Waals surface area contributed by atoms with E-state index in [1.807, 2.05) is 66.3 Å². The monoisotopic (exact) mass is 418 g/mol. The molecular weight excluding hydrogens is 392 g/mol. The van der Waals surface area contributed by atoms with Gasteiger partial charge in [0, 0.05) is 32.4 Å². The van der Waals surface area contributed by atoms with Crippen LogP contribution >= 0.6 is 0 Å². The van der Waals surface area contributed by atoms with E-state index in [4.69, 9.17) is 4.74 Å². The van der Waals surface area contributed by atoms with Gasteiger partial charge in [-0.05, 0) is 36.2 Å². The number of rotatable bonds is 8. The van der Waals surface area contributed by atoms with Crippen molar-refractivity contribution in [3.05, 3.63) is 78.1 Å². The highest BCUT2D eigenvalue weighted by molar-refractivity contribution is 5.75. The minimum Gasteiger partial charge on any atom is -0.497 e. The molecule has 2 aromatic carbocycles. The smallest absolute Gasteiger partial charge is 0.315 e. The van der Waals surface area contributed by atoms with Gasteiger partial charge in [0.2, 0.25) is 0 Å². The van der Waals surface area contributed by atoms with Crippen LogP contribution in [0.4, 0.5) is 4.79 Å². The second-order valence-electron chi connectivity index (χ2n) is 7.31. The normalized spacial score (nSPS) is 11.9. The number of nitrogens with zero attached hydrogens (tertiary/aromatic N) is 3. The van der Waals surface area contributed by atoms with Gasteiger partial charge in [0.25, 0.3) is 0 Å². The number of hydrogen-bond acceptors (Lipinski definition) is 4. The van der Waals surface area contributed by atoms with Gasteiger partial charge < -0.3 is 24.9 Å². The van der Waals surface area contributed by atoms with Gasteiger partial charge in [-0.3, -0.25) is 0 Å². The van der Waals surface area contributed by atoms with E-state index in [1.165, 1.54) is 0 Å². The van der Waals surface area contributed by atoms with E-state index in [0.717, 1.165) is 46.8 Å². The van der Waals surface area contributed by atoms with E-state index in [2.05, 4.69) is 25.6 Å². The second kappa shape index (κ2) is 9.34. The summed E-state index contributed by atoms with van der Waals surface area (Å²) in [5, 5.41) is 5.97. The van der Waals surface area contributed by atoms with Crippen LogP contribution in [0.15, 0.2) is 60.9 Å². The number of aromatic nitrogens is 4. The lowest BCUT2D eigenvalue weighted by Gasteiger charge is -2.20. The highest BCUT2D eigenvalue weighted by atomic mass is 16.5. The fourth-order valence-corrected chi connectivity index (χ4v) is 3.51. The number of aryl methyl sites for hydroxylation is 2. The van der Waals surface area contributed by atoms with Crippen LogP contribution in [-0.4, -0.2) is 39.2 Å². The molecule has 0 aliphatic rings. The Labute approximate surface area is 180 Å². The Morgan fingerprint density at radius 3 is 2.71 bits per heavy atom. The lowest BCUT2D eigenvalue weighted by molar-refractivity contribution is 0.238. The highest BCUT2D eigenvalue weighted by Crippen LogP contribution is 2.23. The van der Waals surface area contributed by atoms with Gasteiger partial charge in [0.05, 0.1) is 18.1 Å². The summed E-state index contributed by atoms with van der Waals surface area (Å²) in [5.41, 5.74) is 2.91. The van der Waals surface area contributed by atoms with Gasteiger partial charge in [-0.1, -0.05) is 24.3 Å². The maximum atomic E-state index is 12.6. The molecule has 0 saturated heterocycles. The molecule has 0 spiro atoms. The standard InChI is InChI=1S/C23H26N6O2/c1-29-15-14-24-22(29)21(16-9-11-17(31-2)12-10-16)28-23(30)25-13-5-8-20-26-18-6-3-4-7-19(18)27-20/h3-4,6-7,9-12,14-15,21H,5,8,13H2,1-2H3,(H,26,27)(H2,25,28,30)/t21-/m1/s1. The Balaban J connectivity index is 1.35. The Morgan fingerprint density at radius 2 is 2.00 bits per heavy atom. The first-order chi connectivity index (χ1) is 15.1. The van der Waals surface area contributed by atoms with E-state index >= 15 is 0 Å². The number of methoxy groups -OCH3 is 1. The first-order valence-electron chi connectivity index (χ1n) is 10.2. The van der Waals surface area contributed by atoms with Crippen LogP contribution in [0.1, 0.15) is 29.7 Å². The van der Waals surface area contributed by atoms with Gasteiger partial charge in [-0.25, -0.2) is 14.8 Å². The van der Waals surface area contributed by atoms with Crippen molar-refractivity contribution >= 4 is 17.1 Å². The molecule has 31 heavy (non-hydrogen) atoms. The average molecular weight is 419 g/mol. The lowest BCUT2D eigenvalue weighted by atomic mass is 10.1. The Bertz CT molecular complexity index is 1120. The number of hydrogen-bond donors (Lipinski definition) is 3. The van der Waals surface area contributed by atoms with Gasteiger partial charge in [0.15, 0.2) is 0 Å². The molecule has 0 saturated carbocycles. The van der Waals surface area contributed by atoms with Gasteiger partial charge in [-0.2, -0.15) is 0 Å². The highest BCUT2D eigenvalue weighted by Gasteiger charge is 2.20. The number of imidazole rings is 2. The predicted octanol–water partition coefficient (Wildman–Crippen LogP) is 3.33.